The van der Waals surface area contributed by atoms with Gasteiger partial charge in [-0.2, -0.15) is 0 Å². The van der Waals surface area contributed by atoms with E-state index in [1.54, 1.807) is 0 Å². The van der Waals surface area contributed by atoms with Crippen molar-refractivity contribution < 1.29 is 14.7 Å². The van der Waals surface area contributed by atoms with E-state index in [0.29, 0.717) is 18.0 Å². The summed E-state index contributed by atoms with van der Waals surface area (Å²) in [4.78, 5) is 26.5. The number of carbonyl (C=O) groups excluding carboxylic acids is 1. The molecule has 0 unspecified atom stereocenters. The average Bonchev–Trinajstić information content (AvgIpc) is 2.40. The molecule has 2 rings (SSSR count). The third-order valence-electron chi connectivity index (χ3n) is 3.47. The molecule has 1 fully saturated rings. The van der Waals surface area contributed by atoms with E-state index in [2.05, 4.69) is 10.3 Å². The van der Waals surface area contributed by atoms with Crippen molar-refractivity contribution >= 4 is 17.6 Å². The van der Waals surface area contributed by atoms with E-state index in [0.717, 1.165) is 12.8 Å². The summed E-state index contributed by atoms with van der Waals surface area (Å²) < 4.78 is 0. The van der Waals surface area contributed by atoms with Crippen LogP contribution in [0.15, 0.2) is 18.5 Å². The number of hydrogen-bond donors (Lipinski definition) is 2. The van der Waals surface area contributed by atoms with Crippen LogP contribution >= 0.6 is 0 Å². The van der Waals surface area contributed by atoms with Gasteiger partial charge in [0.2, 0.25) is 5.91 Å². The minimum Gasteiger partial charge on any atom is -0.478 e. The molecule has 5 nitrogen and oxygen atoms in total. The minimum absolute atomic E-state index is 0.0590. The maximum absolute atomic E-state index is 11.9. The van der Waals surface area contributed by atoms with Crippen LogP contribution in [0.4, 0.5) is 5.69 Å². The molecule has 1 aromatic rings. The summed E-state index contributed by atoms with van der Waals surface area (Å²) in [7, 11) is 0. The zero-order valence-electron chi connectivity index (χ0n) is 10.8. The van der Waals surface area contributed by atoms with Crippen LogP contribution in [0, 0.1) is 5.92 Å². The Hall–Kier alpha value is -1.91. The number of carboxylic acid groups (broad SMARTS) is 1. The topological polar surface area (TPSA) is 79.3 Å². The fourth-order valence-corrected chi connectivity index (χ4v) is 2.49. The molecule has 0 radical (unpaired) electrons. The van der Waals surface area contributed by atoms with Crippen LogP contribution in [-0.4, -0.2) is 22.0 Å². The molecule has 1 saturated carbocycles. The summed E-state index contributed by atoms with van der Waals surface area (Å²) in [5.41, 5.74) is 0.524. The minimum atomic E-state index is -1.05. The largest absolute Gasteiger partial charge is 0.478 e. The molecule has 0 saturated heterocycles. The van der Waals surface area contributed by atoms with Gasteiger partial charge < -0.3 is 10.4 Å². The van der Waals surface area contributed by atoms with Crippen molar-refractivity contribution in [3.63, 3.8) is 0 Å². The van der Waals surface area contributed by atoms with Crippen molar-refractivity contribution in [1.29, 1.82) is 0 Å². The number of pyridine rings is 1. The average molecular weight is 262 g/mol. The van der Waals surface area contributed by atoms with E-state index >= 15 is 0 Å². The maximum Gasteiger partial charge on any atom is 0.337 e. The Balaban J connectivity index is 1.90. The lowest BCUT2D eigenvalue weighted by Gasteiger charge is -2.20. The Labute approximate surface area is 112 Å². The predicted molar refractivity (Wildman–Crippen MR) is 71.0 cm³/mol. The number of nitrogens with one attached hydrogen (secondary N) is 1. The van der Waals surface area contributed by atoms with Crippen LogP contribution in [0.25, 0.3) is 0 Å². The predicted octanol–water partition coefficient (Wildman–Crippen LogP) is 2.69. The second-order valence-electron chi connectivity index (χ2n) is 5.02. The van der Waals surface area contributed by atoms with Crippen LogP contribution < -0.4 is 5.32 Å². The highest BCUT2D eigenvalue weighted by atomic mass is 16.4. The number of hydrogen-bond acceptors (Lipinski definition) is 3. The van der Waals surface area contributed by atoms with Crippen LogP contribution in [0.1, 0.15) is 48.9 Å². The van der Waals surface area contributed by atoms with Gasteiger partial charge in [-0.15, -0.1) is 0 Å². The maximum atomic E-state index is 11.9. The number of carbonyl (C=O) groups is 2. The van der Waals surface area contributed by atoms with Crippen molar-refractivity contribution in [2.75, 3.05) is 5.32 Å². The molecular weight excluding hydrogens is 244 g/mol. The molecule has 1 aliphatic rings. The standard InChI is InChI=1S/C14H18N2O3/c17-13(6-10-4-2-1-3-5-10)16-12-7-11(14(18)19)8-15-9-12/h7-10H,1-6H2,(H,16,17)(H,18,19). The molecule has 5 heteroatoms. The smallest absolute Gasteiger partial charge is 0.337 e. The van der Waals surface area contributed by atoms with Gasteiger partial charge in [0.1, 0.15) is 0 Å². The molecule has 0 bridgehead atoms. The van der Waals surface area contributed by atoms with Crippen molar-refractivity contribution in [2.24, 2.45) is 5.92 Å². The third kappa shape index (κ3) is 4.05. The lowest BCUT2D eigenvalue weighted by molar-refractivity contribution is -0.117. The Morgan fingerprint density at radius 2 is 2.00 bits per heavy atom. The number of aromatic carboxylic acids is 1. The van der Waals surface area contributed by atoms with Gasteiger partial charge in [0.15, 0.2) is 0 Å². The van der Waals surface area contributed by atoms with Crippen LogP contribution in [0.2, 0.25) is 0 Å². The van der Waals surface area contributed by atoms with E-state index < -0.39 is 5.97 Å². The fraction of sp³-hybridized carbons (Fsp3) is 0.500. The molecule has 0 spiro atoms. The molecule has 102 valence electrons. The number of carboxylic acids is 1. The Kier molecular flexibility index (Phi) is 4.49. The SMILES string of the molecule is O=C(CC1CCCCC1)Nc1cncc(C(=O)O)c1. The third-order valence-corrected chi connectivity index (χ3v) is 3.47. The summed E-state index contributed by atoms with van der Waals surface area (Å²) in [5.74, 6) is -0.642. The lowest BCUT2D eigenvalue weighted by atomic mass is 9.87. The first kappa shape index (κ1) is 13.5. The van der Waals surface area contributed by atoms with Gasteiger partial charge in [0.25, 0.3) is 0 Å². The Morgan fingerprint density at radius 3 is 2.68 bits per heavy atom. The second-order valence-corrected chi connectivity index (χ2v) is 5.02. The first-order valence-corrected chi connectivity index (χ1v) is 6.63. The van der Waals surface area contributed by atoms with Gasteiger partial charge in [-0.25, -0.2) is 4.79 Å². The number of amides is 1. The molecule has 1 amide bonds. The number of anilines is 1. The highest BCUT2D eigenvalue weighted by Gasteiger charge is 2.17. The summed E-state index contributed by atoms with van der Waals surface area (Å²) in [6, 6.07) is 1.42. The summed E-state index contributed by atoms with van der Waals surface area (Å²) in [5, 5.41) is 11.6. The first-order chi connectivity index (χ1) is 9.15. The molecule has 0 aromatic carbocycles. The zero-order valence-corrected chi connectivity index (χ0v) is 10.8. The van der Waals surface area contributed by atoms with Gasteiger partial charge in [0, 0.05) is 12.6 Å². The van der Waals surface area contributed by atoms with Crippen molar-refractivity contribution in [3.05, 3.63) is 24.0 Å². The number of aromatic nitrogens is 1. The zero-order chi connectivity index (χ0) is 13.7. The van der Waals surface area contributed by atoms with Crippen molar-refractivity contribution in [2.45, 2.75) is 38.5 Å². The van der Waals surface area contributed by atoms with E-state index in [1.807, 2.05) is 0 Å². The molecule has 1 aliphatic carbocycles. The second kappa shape index (κ2) is 6.31. The Bertz CT molecular complexity index is 468. The molecule has 0 aliphatic heterocycles. The van der Waals surface area contributed by atoms with E-state index in [4.69, 9.17) is 5.11 Å². The Morgan fingerprint density at radius 1 is 1.26 bits per heavy atom. The molecule has 2 N–H and O–H groups in total. The summed E-state index contributed by atoms with van der Waals surface area (Å²) >= 11 is 0. The van der Waals surface area contributed by atoms with E-state index in [-0.39, 0.29) is 11.5 Å². The van der Waals surface area contributed by atoms with Gasteiger partial charge >= 0.3 is 5.97 Å². The van der Waals surface area contributed by atoms with Crippen LogP contribution in [0.3, 0.4) is 0 Å². The van der Waals surface area contributed by atoms with Gasteiger partial charge in [-0.05, 0) is 24.8 Å². The summed E-state index contributed by atoms with van der Waals surface area (Å²) in [6.07, 6.45) is 9.13. The van der Waals surface area contributed by atoms with Crippen LogP contribution in [-0.2, 0) is 4.79 Å². The lowest BCUT2D eigenvalue weighted by Crippen LogP contribution is -2.18. The highest BCUT2D eigenvalue weighted by Crippen LogP contribution is 2.26. The molecule has 19 heavy (non-hydrogen) atoms. The molecule has 1 heterocycles. The fourth-order valence-electron chi connectivity index (χ4n) is 2.49. The molecule has 1 aromatic heterocycles. The quantitative estimate of drug-likeness (QED) is 0.874. The van der Waals surface area contributed by atoms with Crippen molar-refractivity contribution in [3.8, 4) is 0 Å². The van der Waals surface area contributed by atoms with E-state index in [9.17, 15) is 9.59 Å². The normalized spacial score (nSPS) is 16.0. The van der Waals surface area contributed by atoms with Gasteiger partial charge in [0.05, 0.1) is 17.4 Å². The van der Waals surface area contributed by atoms with Gasteiger partial charge in [-0.1, -0.05) is 19.3 Å². The monoisotopic (exact) mass is 262 g/mol. The first-order valence-electron chi connectivity index (χ1n) is 6.63. The number of nitrogens with zero attached hydrogens (tertiary/aromatic N) is 1. The van der Waals surface area contributed by atoms with Gasteiger partial charge in [-0.3, -0.25) is 9.78 Å². The highest BCUT2D eigenvalue weighted by molar-refractivity contribution is 5.93. The van der Waals surface area contributed by atoms with Crippen LogP contribution in [0.5, 0.6) is 0 Å². The molecular formula is C14H18N2O3. The van der Waals surface area contributed by atoms with Crippen molar-refractivity contribution in [1.82, 2.24) is 4.98 Å². The van der Waals surface area contributed by atoms with E-state index in [1.165, 1.54) is 37.7 Å². The summed E-state index contributed by atoms with van der Waals surface area (Å²) in [6.45, 7) is 0. The molecule has 0 atom stereocenters. The number of rotatable bonds is 4.